The molecule has 0 saturated heterocycles. The molecule has 734 valence electrons. The number of phenols is 24. The van der Waals surface area contributed by atoms with Crippen molar-refractivity contribution in [2.45, 2.75) is 76.7 Å². The normalized spacial score (nSPS) is 10.2. The number of nitrogens with one attached hydrogen (secondary N) is 5. The molecule has 12 aromatic carbocycles. The zero-order valence-electron chi connectivity index (χ0n) is 74.3. The van der Waals surface area contributed by atoms with Crippen molar-refractivity contribution in [3.05, 3.63) is 285 Å². The lowest BCUT2D eigenvalue weighted by molar-refractivity contribution is 0.100. The Balaban J connectivity index is 0.00000148. The van der Waals surface area contributed by atoms with Gasteiger partial charge < -0.3 is 171 Å². The summed E-state index contributed by atoms with van der Waals surface area (Å²) in [6.45, 7) is 15.2. The van der Waals surface area contributed by atoms with E-state index in [0.717, 1.165) is 6.07 Å². The smallest absolute Gasteiger partial charge is 0.196 e. The molecule has 43 heteroatoms. The molecular formula is C95H106N10O33. The minimum absolute atomic E-state index is 0. The fraction of sp³-hybridized carbons (Fsp3) is 0.116. The van der Waals surface area contributed by atoms with Crippen LogP contribution in [0.2, 0.25) is 0 Å². The predicted octanol–water partition coefficient (Wildman–Crippen LogP) is 14.8. The summed E-state index contributed by atoms with van der Waals surface area (Å²) in [5.74, 6) is -6.24. The van der Waals surface area contributed by atoms with Crippen molar-refractivity contribution in [3.8, 4) is 138 Å². The number of aromatic hydroxyl groups is 24. The van der Waals surface area contributed by atoms with Gasteiger partial charge in [-0.3, -0.25) is 24.4 Å². The molecule has 0 fully saturated rings. The van der Waals surface area contributed by atoms with Gasteiger partial charge in [0.25, 0.3) is 0 Å². The van der Waals surface area contributed by atoms with E-state index in [4.69, 9.17) is 176 Å². The molecule has 0 amide bonds. The average Bonchev–Trinajstić information content (AvgIpc) is 0.859. The molecule has 12 rings (SSSR count). The van der Waals surface area contributed by atoms with Crippen molar-refractivity contribution in [2.75, 3.05) is 0 Å². The number of ketones is 4. The number of hydrogen-bond acceptors (Lipinski definition) is 41. The first-order valence-electron chi connectivity index (χ1n) is 38.5. The molecule has 43 nitrogen and oxygen atoms in total. The van der Waals surface area contributed by atoms with E-state index in [9.17, 15) is 19.2 Å². The summed E-state index contributed by atoms with van der Waals surface area (Å²) in [4.78, 5) is 42.9. The number of carbonyl (C=O) groups excluding carboxylic acids is 4. The molecule has 0 saturated carbocycles. The lowest BCUT2D eigenvalue weighted by atomic mass is 10.1. The highest BCUT2D eigenvalue weighted by Gasteiger charge is 2.13. The Hall–Kier alpha value is -19.4. The first-order chi connectivity index (χ1) is 64.0. The highest BCUT2D eigenvalue weighted by molar-refractivity contribution is 6.02. The van der Waals surface area contributed by atoms with Crippen LogP contribution in [-0.2, 0) is 0 Å². The molecule has 12 aromatic rings. The van der Waals surface area contributed by atoms with Gasteiger partial charge in [-0.05, 0) is 310 Å². The summed E-state index contributed by atoms with van der Waals surface area (Å²) < 4.78 is 0. The third kappa shape index (κ3) is 41.2. The second-order valence-electron chi connectivity index (χ2n) is 27.6. The zero-order valence-corrected chi connectivity index (χ0v) is 74.3. The van der Waals surface area contributed by atoms with Crippen molar-refractivity contribution in [3.63, 3.8) is 0 Å². The molecule has 0 unspecified atom stereocenters. The molecule has 36 N–H and O–H groups in total. The molecule has 0 aliphatic carbocycles. The highest BCUT2D eigenvalue weighted by atomic mass is 16.5. The maximum Gasteiger partial charge on any atom is 0.196 e. The number of amidine groups is 2. The van der Waals surface area contributed by atoms with Crippen LogP contribution in [0.1, 0.15) is 163 Å². The third-order valence-corrected chi connectivity index (χ3v) is 17.1. The number of rotatable bonds is 12. The molecule has 0 radical (unpaired) electrons. The predicted molar refractivity (Wildman–Crippen MR) is 508 cm³/mol. The number of hydrogen-bond donors (Lipinski definition) is 35. The van der Waals surface area contributed by atoms with Crippen LogP contribution in [0.3, 0.4) is 0 Å². The van der Waals surface area contributed by atoms with E-state index in [1.807, 2.05) is 0 Å². The fourth-order valence-corrected chi connectivity index (χ4v) is 9.16. The summed E-state index contributed by atoms with van der Waals surface area (Å²) >= 11 is 0. The monoisotopic (exact) mass is 1910 g/mol. The lowest BCUT2D eigenvalue weighted by Gasteiger charge is -2.03. The van der Waals surface area contributed by atoms with Crippen molar-refractivity contribution < 1.29 is 168 Å². The van der Waals surface area contributed by atoms with Crippen LogP contribution in [-0.4, -0.2) is 218 Å². The van der Waals surface area contributed by atoms with Gasteiger partial charge in [-0.2, -0.15) is 0 Å². The Morgan fingerprint density at radius 3 is 0.493 bits per heavy atom. The summed E-state index contributed by atoms with van der Waals surface area (Å²) in [7, 11) is 0. The third-order valence-electron chi connectivity index (χ3n) is 17.1. The van der Waals surface area contributed by atoms with Crippen molar-refractivity contribution >= 4 is 69.1 Å². The number of phenolic OH excluding ortho intramolecular Hbond substituents is 24. The van der Waals surface area contributed by atoms with Crippen LogP contribution in [0.25, 0.3) is 0 Å². The van der Waals surface area contributed by atoms with Crippen LogP contribution in [0.5, 0.6) is 138 Å². The Morgan fingerprint density at radius 2 is 0.348 bits per heavy atom. The summed E-state index contributed by atoms with van der Waals surface area (Å²) in [6.07, 6.45) is 0. The van der Waals surface area contributed by atoms with Gasteiger partial charge in [0.2, 0.25) is 0 Å². The van der Waals surface area contributed by atoms with E-state index < -0.39 is 0 Å². The van der Waals surface area contributed by atoms with Crippen molar-refractivity contribution in [2.24, 2.45) is 26.4 Å². The number of oxime groups is 4. The van der Waals surface area contributed by atoms with E-state index in [2.05, 4.69) is 20.6 Å². The largest absolute Gasteiger partial charge is 0.504 e. The van der Waals surface area contributed by atoms with Crippen LogP contribution < -0.4 is 11.2 Å². The van der Waals surface area contributed by atoms with Gasteiger partial charge in [0.1, 0.15) is 0 Å². The molecule has 0 spiro atoms. The SMILES string of the molecule is C.C/C(=N/O)c1ccc(O)c(O)c1.C/C(=N/O)c1ccc(O)c(O)c1.CC(=N)c1ccc(O)c(O)c1.CC(=N)c1ccc(O)c(O)c1.CC(=N)c1ccc(O)c(O)c1.CC(=N)c1ccc(O)c(O)c1.CC(=O)c1ccc(O)c(O)c1.CC(=O)c1ccc(O)c(O)c1.CC(=O)c1ccc(O)c(O)c1.CC(=O)c1ccc(O)c(O)c1.N/C(=N/O)c1ccc(O)c(O)c1.O/N=C(/NO)c1ccc(O)c(O)c1. The van der Waals surface area contributed by atoms with Crippen LogP contribution in [0, 0.1) is 21.6 Å². The molecule has 0 heterocycles. The second-order valence-corrected chi connectivity index (χ2v) is 27.6. The molecule has 0 bridgehead atoms. The molecule has 0 aliphatic rings. The molecule has 0 aliphatic heterocycles. The number of nitrogens with two attached hydrogens (primary N) is 1. The van der Waals surface area contributed by atoms with E-state index >= 15 is 0 Å². The highest BCUT2D eigenvalue weighted by Crippen LogP contribution is 2.34. The van der Waals surface area contributed by atoms with E-state index in [1.54, 1.807) is 83.4 Å². The maximum absolute atomic E-state index is 10.7. The van der Waals surface area contributed by atoms with E-state index in [1.165, 1.54) is 204 Å². The van der Waals surface area contributed by atoms with Crippen LogP contribution in [0.15, 0.2) is 239 Å². The van der Waals surface area contributed by atoms with Crippen molar-refractivity contribution in [1.82, 2.24) is 5.48 Å². The fourth-order valence-electron chi connectivity index (χ4n) is 9.16. The quantitative estimate of drug-likeness (QED) is 0.0135. The minimum Gasteiger partial charge on any atom is -0.504 e. The Kier molecular flexibility index (Phi) is 50.2. The second kappa shape index (κ2) is 58.3. The first kappa shape index (κ1) is 119. The summed E-state index contributed by atoms with van der Waals surface area (Å²) in [6, 6.07) is 49.1. The van der Waals surface area contributed by atoms with E-state index in [0.29, 0.717) is 95.5 Å². The Labute approximate surface area is 786 Å². The van der Waals surface area contributed by atoms with Gasteiger partial charge in [-0.1, -0.05) is 28.0 Å². The van der Waals surface area contributed by atoms with Crippen LogP contribution >= 0.6 is 0 Å². The van der Waals surface area contributed by atoms with Gasteiger partial charge in [-0.15, -0.1) is 0 Å². The van der Waals surface area contributed by atoms with Crippen LogP contribution in [0.4, 0.5) is 0 Å². The number of nitrogens with zero attached hydrogens (tertiary/aromatic N) is 4. The molecule has 138 heavy (non-hydrogen) atoms. The number of Topliss-reactive ketones (excluding diaryl/α,β-unsaturated/α-hetero) is 4. The van der Waals surface area contributed by atoms with Gasteiger partial charge in [-0.25, -0.2) is 5.48 Å². The topological polar surface area (TPSA) is 838 Å². The molecule has 0 atom stereocenters. The van der Waals surface area contributed by atoms with Gasteiger partial charge in [0.15, 0.2) is 173 Å². The van der Waals surface area contributed by atoms with Crippen molar-refractivity contribution in [1.29, 1.82) is 21.6 Å². The first-order valence-corrected chi connectivity index (χ1v) is 38.5. The summed E-state index contributed by atoms with van der Waals surface area (Å²) in [5.41, 5.74) is 14.8. The van der Waals surface area contributed by atoms with Gasteiger partial charge >= 0.3 is 0 Å². The zero-order chi connectivity index (χ0) is 105. The Bertz CT molecular complexity index is 5470. The van der Waals surface area contributed by atoms with Gasteiger partial charge in [0.05, 0.1) is 11.4 Å². The van der Waals surface area contributed by atoms with Gasteiger partial charge in [0, 0.05) is 67.4 Å². The molecular weight excluding hydrogens is 1810 g/mol. The maximum atomic E-state index is 10.7. The summed E-state index contributed by atoms with van der Waals surface area (Å²) in [5, 5.41) is 297. The standard InChI is InChI=1S/2C8H9NO3.4C8H9NO2.4C8H8O3.C7H8N2O4.C7H8N2O3.CH4/c2*1-5(9-12)6-2-3-7(10)8(11)4-6;8*1-5(9)6-2-3-7(10)8(11)4-6;10-5-2-1-4(3-6(5)11)7(8-12)9-13;8-7(9-12)4-1-2-5(10)6(11)3-4;/h2*2-4,10-12H,1H3;4*2-4,9-11H,1H3;4*2-4,10-11H,1H3;1-3,10-13H,(H,8,9);1-3,10-12H,(H2,8,9);1H4/b2*9-5-;;;;;;;;;;;. The number of benzene rings is 12. The molecule has 0 aromatic heterocycles. The number of hydroxylamine groups is 1. The average molecular weight is 1920 g/mol. The Morgan fingerprint density at radius 1 is 0.210 bits per heavy atom. The minimum atomic E-state index is -0.367. The lowest BCUT2D eigenvalue weighted by Crippen LogP contribution is -2.19. The number of carbonyl (C=O) groups is 4. The van der Waals surface area contributed by atoms with E-state index in [-0.39, 0.29) is 186 Å².